The molecule has 82 valence electrons. The third-order valence-electron chi connectivity index (χ3n) is 4.03. The highest BCUT2D eigenvalue weighted by Crippen LogP contribution is 2.29. The van der Waals surface area contributed by atoms with Gasteiger partial charge in [-0.1, -0.05) is 13.3 Å². The minimum absolute atomic E-state index is 0.811. The van der Waals surface area contributed by atoms with E-state index in [0.29, 0.717) is 0 Å². The molecule has 2 aliphatic rings. The normalized spacial score (nSPS) is 38.6. The van der Waals surface area contributed by atoms with Gasteiger partial charge in [-0.05, 0) is 51.2 Å². The molecule has 1 N–H and O–H groups in total. The van der Waals surface area contributed by atoms with E-state index in [4.69, 9.17) is 0 Å². The van der Waals surface area contributed by atoms with E-state index in [0.717, 1.165) is 17.9 Å². The van der Waals surface area contributed by atoms with Crippen molar-refractivity contribution in [2.45, 2.75) is 39.2 Å². The van der Waals surface area contributed by atoms with Crippen LogP contribution in [-0.2, 0) is 0 Å². The Morgan fingerprint density at radius 1 is 1.36 bits per heavy atom. The number of fused-ring (bicyclic) bond motifs is 2. The van der Waals surface area contributed by atoms with Gasteiger partial charge in [-0.25, -0.2) is 0 Å². The van der Waals surface area contributed by atoms with Gasteiger partial charge in [-0.15, -0.1) is 0 Å². The van der Waals surface area contributed by atoms with Crippen LogP contribution in [-0.4, -0.2) is 37.1 Å². The molecule has 2 fully saturated rings. The lowest BCUT2D eigenvalue weighted by Crippen LogP contribution is -2.55. The summed E-state index contributed by atoms with van der Waals surface area (Å²) in [7, 11) is 0. The van der Waals surface area contributed by atoms with Crippen LogP contribution in [0.4, 0.5) is 0 Å². The fraction of sp³-hybridized carbons (Fsp3) is 1.00. The number of piperidine rings is 2. The van der Waals surface area contributed by atoms with Crippen molar-refractivity contribution in [3.63, 3.8) is 0 Å². The summed E-state index contributed by atoms with van der Waals surface area (Å²) in [4.78, 5) is 2.73. The van der Waals surface area contributed by atoms with Crippen molar-refractivity contribution in [1.29, 1.82) is 0 Å². The molecule has 3 atom stereocenters. The highest BCUT2D eigenvalue weighted by Gasteiger charge is 2.35. The molecule has 2 rings (SSSR count). The van der Waals surface area contributed by atoms with Crippen molar-refractivity contribution in [2.24, 2.45) is 11.8 Å². The SMILES string of the molecule is CCCCN1CC2CNCC(C2)C1C. The lowest BCUT2D eigenvalue weighted by molar-refractivity contribution is 0.0431. The summed E-state index contributed by atoms with van der Waals surface area (Å²) in [6, 6.07) is 0.811. The zero-order valence-electron chi connectivity index (χ0n) is 9.63. The maximum Gasteiger partial charge on any atom is 0.0108 e. The first-order chi connectivity index (χ1) is 6.81. The number of nitrogens with zero attached hydrogens (tertiary/aromatic N) is 1. The molecule has 0 spiro atoms. The van der Waals surface area contributed by atoms with Crippen LogP contribution in [0.5, 0.6) is 0 Å². The predicted octanol–water partition coefficient (Wildman–Crippen LogP) is 1.72. The van der Waals surface area contributed by atoms with Gasteiger partial charge in [-0.2, -0.15) is 0 Å². The monoisotopic (exact) mass is 196 g/mol. The molecular weight excluding hydrogens is 172 g/mol. The summed E-state index contributed by atoms with van der Waals surface area (Å²) in [5, 5.41) is 3.57. The summed E-state index contributed by atoms with van der Waals surface area (Å²) in [6.45, 7) is 9.88. The van der Waals surface area contributed by atoms with E-state index in [1.807, 2.05) is 0 Å². The Labute approximate surface area is 88.1 Å². The number of nitrogens with one attached hydrogen (secondary N) is 1. The molecule has 0 aliphatic carbocycles. The molecule has 2 aliphatic heterocycles. The van der Waals surface area contributed by atoms with E-state index in [1.165, 1.54) is 45.4 Å². The molecule has 0 amide bonds. The Bertz CT molecular complexity index is 181. The molecule has 0 aromatic heterocycles. The van der Waals surface area contributed by atoms with Gasteiger partial charge in [0.25, 0.3) is 0 Å². The Balaban J connectivity index is 1.90. The molecule has 14 heavy (non-hydrogen) atoms. The summed E-state index contributed by atoms with van der Waals surface area (Å²) in [5.74, 6) is 1.85. The minimum atomic E-state index is 0.811. The molecule has 2 heterocycles. The molecular formula is C12H24N2. The topological polar surface area (TPSA) is 15.3 Å². The van der Waals surface area contributed by atoms with Crippen molar-refractivity contribution in [3.8, 4) is 0 Å². The first kappa shape index (κ1) is 10.4. The van der Waals surface area contributed by atoms with Gasteiger partial charge >= 0.3 is 0 Å². The largest absolute Gasteiger partial charge is 0.316 e. The van der Waals surface area contributed by atoms with Crippen molar-refractivity contribution in [3.05, 3.63) is 0 Å². The van der Waals surface area contributed by atoms with Gasteiger partial charge in [0.2, 0.25) is 0 Å². The number of hydrogen-bond donors (Lipinski definition) is 1. The standard InChI is InChI=1S/C12H24N2/c1-3-4-5-14-9-11-6-12(10(14)2)8-13-7-11/h10-13H,3-9H2,1-2H3. The van der Waals surface area contributed by atoms with E-state index in [-0.39, 0.29) is 0 Å². The number of rotatable bonds is 3. The van der Waals surface area contributed by atoms with Gasteiger partial charge in [0.05, 0.1) is 0 Å². The first-order valence-electron chi connectivity index (χ1n) is 6.26. The zero-order chi connectivity index (χ0) is 9.97. The second-order valence-corrected chi connectivity index (χ2v) is 5.11. The summed E-state index contributed by atoms with van der Waals surface area (Å²) >= 11 is 0. The maximum absolute atomic E-state index is 3.57. The van der Waals surface area contributed by atoms with Crippen molar-refractivity contribution in [2.75, 3.05) is 26.2 Å². The third kappa shape index (κ3) is 2.12. The Kier molecular flexibility index (Phi) is 3.45. The van der Waals surface area contributed by atoms with E-state index >= 15 is 0 Å². The molecule has 0 radical (unpaired) electrons. The zero-order valence-corrected chi connectivity index (χ0v) is 9.63. The van der Waals surface area contributed by atoms with Crippen LogP contribution < -0.4 is 5.32 Å². The van der Waals surface area contributed by atoms with Crippen LogP contribution in [0.2, 0.25) is 0 Å². The lowest BCUT2D eigenvalue weighted by Gasteiger charge is -2.46. The number of hydrogen-bond acceptors (Lipinski definition) is 2. The highest BCUT2D eigenvalue weighted by atomic mass is 15.2. The minimum Gasteiger partial charge on any atom is -0.316 e. The quantitative estimate of drug-likeness (QED) is 0.739. The van der Waals surface area contributed by atoms with Crippen LogP contribution in [0.3, 0.4) is 0 Å². The second kappa shape index (κ2) is 4.63. The molecule has 2 bridgehead atoms. The van der Waals surface area contributed by atoms with Crippen LogP contribution in [0, 0.1) is 11.8 Å². The Morgan fingerprint density at radius 3 is 3.00 bits per heavy atom. The molecule has 2 nitrogen and oxygen atoms in total. The lowest BCUT2D eigenvalue weighted by atomic mass is 9.81. The summed E-state index contributed by atoms with van der Waals surface area (Å²) in [6.07, 6.45) is 4.17. The van der Waals surface area contributed by atoms with E-state index in [1.54, 1.807) is 0 Å². The third-order valence-corrected chi connectivity index (χ3v) is 4.03. The van der Waals surface area contributed by atoms with Crippen LogP contribution in [0.1, 0.15) is 33.1 Å². The van der Waals surface area contributed by atoms with Crippen LogP contribution in [0.15, 0.2) is 0 Å². The predicted molar refractivity (Wildman–Crippen MR) is 60.4 cm³/mol. The van der Waals surface area contributed by atoms with Crippen LogP contribution in [0.25, 0.3) is 0 Å². The first-order valence-corrected chi connectivity index (χ1v) is 6.26. The van der Waals surface area contributed by atoms with Crippen molar-refractivity contribution in [1.82, 2.24) is 10.2 Å². The van der Waals surface area contributed by atoms with Crippen molar-refractivity contribution < 1.29 is 0 Å². The molecule has 0 saturated carbocycles. The Hall–Kier alpha value is -0.0800. The maximum atomic E-state index is 3.57. The average Bonchev–Trinajstić information content (AvgIpc) is 2.22. The molecule has 0 aromatic rings. The van der Waals surface area contributed by atoms with E-state index in [9.17, 15) is 0 Å². The molecule has 3 unspecified atom stereocenters. The van der Waals surface area contributed by atoms with E-state index in [2.05, 4.69) is 24.1 Å². The van der Waals surface area contributed by atoms with Gasteiger partial charge in [0.1, 0.15) is 0 Å². The van der Waals surface area contributed by atoms with E-state index < -0.39 is 0 Å². The molecule has 0 aromatic carbocycles. The fourth-order valence-corrected chi connectivity index (χ4v) is 3.03. The average molecular weight is 196 g/mol. The molecule has 2 saturated heterocycles. The second-order valence-electron chi connectivity index (χ2n) is 5.11. The van der Waals surface area contributed by atoms with Gasteiger partial charge < -0.3 is 10.2 Å². The fourth-order valence-electron chi connectivity index (χ4n) is 3.03. The Morgan fingerprint density at radius 2 is 2.21 bits per heavy atom. The van der Waals surface area contributed by atoms with Gasteiger partial charge in [-0.3, -0.25) is 0 Å². The summed E-state index contributed by atoms with van der Waals surface area (Å²) in [5.41, 5.74) is 0. The summed E-state index contributed by atoms with van der Waals surface area (Å²) < 4.78 is 0. The smallest absolute Gasteiger partial charge is 0.0108 e. The van der Waals surface area contributed by atoms with Gasteiger partial charge in [0.15, 0.2) is 0 Å². The number of likely N-dealkylation sites (tertiary alicyclic amines) is 1. The van der Waals surface area contributed by atoms with Gasteiger partial charge in [0, 0.05) is 12.6 Å². The molecule has 2 heteroatoms. The van der Waals surface area contributed by atoms with Crippen molar-refractivity contribution >= 4 is 0 Å². The highest BCUT2D eigenvalue weighted by molar-refractivity contribution is 4.90. The number of unbranched alkanes of at least 4 members (excludes halogenated alkanes) is 1. The van der Waals surface area contributed by atoms with Crippen LogP contribution >= 0.6 is 0 Å².